The molecule has 0 spiro atoms. The van der Waals surface area contributed by atoms with E-state index in [1.54, 1.807) is 25.0 Å². The molecule has 0 fully saturated rings. The van der Waals surface area contributed by atoms with Crippen LogP contribution in [0, 0.1) is 31.1 Å². The van der Waals surface area contributed by atoms with Gasteiger partial charge < -0.3 is 30.0 Å². The number of allylic oxidation sites excluding steroid dienone is 2. The average Bonchev–Trinajstić information content (AvgIpc) is 3.74. The van der Waals surface area contributed by atoms with Gasteiger partial charge in [0.2, 0.25) is 0 Å². The van der Waals surface area contributed by atoms with E-state index in [2.05, 4.69) is 122 Å². The first-order valence-electron chi connectivity index (χ1n) is 17.2. The number of para-hydroxylation sites is 2. The second-order valence-corrected chi connectivity index (χ2v) is 15.5. The zero-order valence-electron chi connectivity index (χ0n) is 34.5. The van der Waals surface area contributed by atoms with Gasteiger partial charge in [0.15, 0.2) is 10.1 Å². The predicted molar refractivity (Wildman–Crippen MR) is 219 cm³/mol. The molecule has 322 valence electrons. The predicted octanol–water partition coefficient (Wildman–Crippen LogP) is 12.0. The maximum Gasteiger partial charge on any atom is 0.485 e. The Hall–Kier alpha value is -2.68. The van der Waals surface area contributed by atoms with Gasteiger partial charge in [0.05, 0.1) is 23.7 Å². The van der Waals surface area contributed by atoms with E-state index in [1.807, 2.05) is 35.6 Å². The topological polar surface area (TPSA) is 176 Å². The van der Waals surface area contributed by atoms with Crippen molar-refractivity contribution in [3.63, 3.8) is 0 Å². The minimum Gasteiger partial charge on any atom is -2.00 e. The molecule has 0 saturated heterocycles. The summed E-state index contributed by atoms with van der Waals surface area (Å²) in [6.07, 6.45) is 12.9. The number of nitrogens with zero attached hydrogens (tertiary/aromatic N) is 6. The van der Waals surface area contributed by atoms with Gasteiger partial charge in [-0.3, -0.25) is 4.99 Å². The van der Waals surface area contributed by atoms with Crippen LogP contribution in [-0.2, 0) is 35.2 Å². The van der Waals surface area contributed by atoms with E-state index in [4.69, 9.17) is 46.5 Å². The number of aromatic nitrogens is 4. The van der Waals surface area contributed by atoms with Gasteiger partial charge in [0.25, 0.3) is 0 Å². The number of aryl methyl sites for hydroxylation is 2. The van der Waals surface area contributed by atoms with Gasteiger partial charge in [0, 0.05) is 75.7 Å². The second kappa shape index (κ2) is 30.4. The van der Waals surface area contributed by atoms with E-state index in [0.717, 1.165) is 22.8 Å². The number of hydrogen-bond acceptors (Lipinski definition) is 6. The van der Waals surface area contributed by atoms with Crippen molar-refractivity contribution in [1.82, 2.24) is 19.1 Å². The van der Waals surface area contributed by atoms with Gasteiger partial charge in [0.1, 0.15) is 0 Å². The minimum absolute atomic E-state index is 0. The fraction of sp³-hybridized carbons (Fsp3) is 0.462. The molecule has 2 aromatic heterocycles. The van der Waals surface area contributed by atoms with Gasteiger partial charge in [-0.1, -0.05) is 116 Å². The zero-order valence-corrected chi connectivity index (χ0v) is 41.0. The SMILES string of the molecule is CC(/C=C(/C)[N-]c1c(C(C)C)cccc1C(C)C)=Nc1c(C(C)C)cccc1C(C)C.ClCCl.Cn1ccnc1.Cn1ccnc1.O=S(=O)([O-])C(F)(F)F.[O-2].[O-2].[U]. The molecule has 0 amide bonds. The summed E-state index contributed by atoms with van der Waals surface area (Å²) in [6.45, 7) is 22.1. The number of alkyl halides is 5. The number of hydrogen-bond donors (Lipinski definition) is 0. The van der Waals surface area contributed by atoms with Crippen LogP contribution in [0.4, 0.5) is 24.5 Å². The smallest absolute Gasteiger partial charge is 0.485 e. The number of aliphatic imine (C=N–C) groups is 1. The largest absolute Gasteiger partial charge is 2.00 e. The molecule has 0 bridgehead atoms. The van der Waals surface area contributed by atoms with Gasteiger partial charge in [-0.25, -0.2) is 18.4 Å². The average molecular weight is 1090 g/mol. The molecule has 0 atom stereocenters. The van der Waals surface area contributed by atoms with Crippen LogP contribution < -0.4 is 0 Å². The Bertz CT molecular complexity index is 1740. The van der Waals surface area contributed by atoms with E-state index in [0.29, 0.717) is 23.7 Å². The summed E-state index contributed by atoms with van der Waals surface area (Å²) >= 11 is 9.53. The molecular weight excluding hydrogens is 1030 g/mol. The van der Waals surface area contributed by atoms with E-state index < -0.39 is 15.6 Å². The minimum atomic E-state index is -6.09. The van der Waals surface area contributed by atoms with Gasteiger partial charge in [-0.2, -0.15) is 18.9 Å². The zero-order chi connectivity index (χ0) is 41.8. The van der Waals surface area contributed by atoms with Crippen molar-refractivity contribution in [3.05, 3.63) is 113 Å². The first-order chi connectivity index (χ1) is 25.0. The maximum absolute atomic E-state index is 10.7. The molecule has 2 heterocycles. The molecule has 0 saturated carbocycles. The fourth-order valence-corrected chi connectivity index (χ4v) is 4.65. The summed E-state index contributed by atoms with van der Waals surface area (Å²) in [6, 6.07) is 13.1. The number of benzene rings is 2. The normalized spacial score (nSPS) is 11.3. The summed E-state index contributed by atoms with van der Waals surface area (Å²) < 4.78 is 62.7. The van der Waals surface area contributed by atoms with Crippen molar-refractivity contribution >= 4 is 50.4 Å². The molecule has 0 unspecified atom stereocenters. The molecule has 0 N–H and O–H groups in total. The Morgan fingerprint density at radius 3 is 1.33 bits per heavy atom. The quantitative estimate of drug-likeness (QED) is 0.0737. The molecular formula is C39H55Cl2F3N6O5SU-6. The van der Waals surface area contributed by atoms with Crippen molar-refractivity contribution in [2.45, 2.75) is 98.4 Å². The van der Waals surface area contributed by atoms with Crippen molar-refractivity contribution in [1.29, 1.82) is 0 Å². The standard InChI is InChI=1S/C29H41N2.2C4H6N2.CH2Cl2.CHF3O3S.2O.U/c1-18(2)24-13-11-14-25(19(3)4)28(24)30-22(9)17-23(10)31-29-26(20(5)6)15-12-16-27(29)21(7)8;2*1-6-3-2-5-4-6;2-1-3;2-1(3,4)8(5,6)7;;;/h11-21H,1-10H3;2*2-4H,1H3;1H2;(H,5,6,7);;;/q-1;;;;;2*-2;/p-1/b22-17-,31-23?;;;;;;;. The Morgan fingerprint density at radius 1 is 0.789 bits per heavy atom. The molecule has 18 heteroatoms. The molecule has 0 aliphatic rings. The van der Waals surface area contributed by atoms with Crippen LogP contribution in [0.1, 0.15) is 115 Å². The van der Waals surface area contributed by atoms with Crippen molar-refractivity contribution in [2.75, 3.05) is 5.34 Å². The first kappa shape index (κ1) is 61.0. The molecule has 2 aromatic carbocycles. The Kier molecular flexibility index (Phi) is 32.5. The second-order valence-electron chi connectivity index (χ2n) is 13.3. The van der Waals surface area contributed by atoms with E-state index in [-0.39, 0.29) is 47.4 Å². The number of rotatable bonds is 8. The third-order valence-electron chi connectivity index (χ3n) is 7.24. The van der Waals surface area contributed by atoms with Crippen LogP contribution in [0.5, 0.6) is 0 Å². The van der Waals surface area contributed by atoms with Gasteiger partial charge in [-0.15, -0.1) is 28.9 Å². The number of imidazole rings is 2. The van der Waals surface area contributed by atoms with Gasteiger partial charge >= 0.3 is 5.51 Å². The van der Waals surface area contributed by atoms with Crippen LogP contribution >= 0.6 is 23.2 Å². The van der Waals surface area contributed by atoms with Crippen LogP contribution in [0.2, 0.25) is 0 Å². The van der Waals surface area contributed by atoms with Gasteiger partial charge in [-0.05, 0) is 41.7 Å². The summed E-state index contributed by atoms with van der Waals surface area (Å²) in [7, 11) is -2.22. The van der Waals surface area contributed by atoms with Crippen LogP contribution in [-0.4, -0.2) is 48.6 Å². The first-order valence-corrected chi connectivity index (χ1v) is 19.6. The van der Waals surface area contributed by atoms with Crippen molar-refractivity contribution in [3.8, 4) is 0 Å². The summed E-state index contributed by atoms with van der Waals surface area (Å²) in [4.78, 5) is 12.6. The molecule has 4 rings (SSSR count). The number of halogens is 5. The fourth-order valence-electron chi connectivity index (χ4n) is 4.65. The molecule has 4 aromatic rings. The van der Waals surface area contributed by atoms with E-state index in [1.165, 1.54) is 22.3 Å². The van der Waals surface area contributed by atoms with E-state index in [9.17, 15) is 13.2 Å². The van der Waals surface area contributed by atoms with Crippen LogP contribution in [0.3, 0.4) is 0 Å². The molecule has 0 aliphatic carbocycles. The molecule has 0 aliphatic heterocycles. The summed E-state index contributed by atoms with van der Waals surface area (Å²) in [5, 5.41) is 5.27. The monoisotopic (exact) mass is 1080 g/mol. The van der Waals surface area contributed by atoms with Crippen LogP contribution in [0.15, 0.2) is 90.6 Å². The third kappa shape index (κ3) is 24.1. The third-order valence-corrected chi connectivity index (χ3v) is 7.80. The van der Waals surface area contributed by atoms with Crippen molar-refractivity contribution in [2.24, 2.45) is 19.1 Å². The maximum atomic E-state index is 10.7. The summed E-state index contributed by atoms with van der Waals surface area (Å²) in [5.74, 6) is 1.75. The molecule has 11 nitrogen and oxygen atoms in total. The van der Waals surface area contributed by atoms with Crippen LogP contribution in [0.25, 0.3) is 5.32 Å². The molecule has 0 radical (unpaired) electrons. The Balaban J connectivity index is -0.000000436. The summed E-state index contributed by atoms with van der Waals surface area (Å²) in [5.41, 5.74) is 3.81. The van der Waals surface area contributed by atoms with E-state index >= 15 is 0 Å². The van der Waals surface area contributed by atoms with Crippen molar-refractivity contribution < 1.29 is 68.2 Å². The molecule has 57 heavy (non-hydrogen) atoms. The Labute approximate surface area is 371 Å². The Morgan fingerprint density at radius 2 is 1.11 bits per heavy atom.